The molecule has 0 aromatic carbocycles. The predicted molar refractivity (Wildman–Crippen MR) is 73.1 cm³/mol. The maximum atomic E-state index is 12.8. The van der Waals surface area contributed by atoms with Gasteiger partial charge in [-0.15, -0.1) is 0 Å². The van der Waals surface area contributed by atoms with Gasteiger partial charge in [0.05, 0.1) is 5.69 Å². The fourth-order valence-corrected chi connectivity index (χ4v) is 5.97. The van der Waals surface area contributed by atoms with E-state index in [-0.39, 0.29) is 16.2 Å². The van der Waals surface area contributed by atoms with E-state index in [4.69, 9.17) is 0 Å². The van der Waals surface area contributed by atoms with Gasteiger partial charge in [-0.2, -0.15) is 5.10 Å². The van der Waals surface area contributed by atoms with Crippen LogP contribution in [0.1, 0.15) is 25.0 Å². The molecule has 6 nitrogen and oxygen atoms in total. The standard InChI is InChI=1S/C13H19N3O3S/c1-9-7-11(16(2)15-9)20(18,19)12-10(17)8-13(12)3-5-14-6-4-13/h7,12,14H,3-6,8H2,1-2H3. The number of rotatable bonds is 2. The van der Waals surface area contributed by atoms with E-state index in [1.54, 1.807) is 20.0 Å². The number of nitrogens with zero attached hydrogens (tertiary/aromatic N) is 2. The van der Waals surface area contributed by atoms with Gasteiger partial charge in [-0.1, -0.05) is 0 Å². The van der Waals surface area contributed by atoms with Crippen LogP contribution < -0.4 is 5.32 Å². The third-order valence-electron chi connectivity index (χ3n) is 4.54. The molecule has 0 amide bonds. The van der Waals surface area contributed by atoms with Crippen molar-refractivity contribution in [3.05, 3.63) is 11.8 Å². The zero-order valence-corrected chi connectivity index (χ0v) is 12.5. The van der Waals surface area contributed by atoms with Crippen molar-refractivity contribution in [2.45, 2.75) is 36.5 Å². The minimum absolute atomic E-state index is 0.147. The van der Waals surface area contributed by atoms with Crippen LogP contribution in [0, 0.1) is 12.3 Å². The first-order valence-corrected chi connectivity index (χ1v) is 8.39. The van der Waals surface area contributed by atoms with Crippen LogP contribution in [0.3, 0.4) is 0 Å². The number of aryl methyl sites for hydroxylation is 2. The van der Waals surface area contributed by atoms with E-state index < -0.39 is 15.1 Å². The van der Waals surface area contributed by atoms with Gasteiger partial charge >= 0.3 is 0 Å². The average Bonchev–Trinajstić information content (AvgIpc) is 2.69. The van der Waals surface area contributed by atoms with E-state index in [1.807, 2.05) is 0 Å². The lowest BCUT2D eigenvalue weighted by Crippen LogP contribution is -2.60. The fourth-order valence-electron chi connectivity index (χ4n) is 3.58. The highest BCUT2D eigenvalue weighted by molar-refractivity contribution is 7.93. The molecule has 1 saturated carbocycles. The van der Waals surface area contributed by atoms with Gasteiger partial charge in [0.25, 0.3) is 0 Å². The largest absolute Gasteiger partial charge is 0.317 e. The van der Waals surface area contributed by atoms with Gasteiger partial charge in [0.1, 0.15) is 5.25 Å². The number of sulfone groups is 1. The zero-order valence-electron chi connectivity index (χ0n) is 11.7. The molecule has 1 saturated heterocycles. The molecule has 20 heavy (non-hydrogen) atoms. The molecular formula is C13H19N3O3S. The third-order valence-corrected chi connectivity index (χ3v) is 6.88. The molecule has 0 radical (unpaired) electrons. The maximum Gasteiger partial charge on any atom is 0.205 e. The number of aromatic nitrogens is 2. The Morgan fingerprint density at radius 3 is 2.55 bits per heavy atom. The van der Waals surface area contributed by atoms with Gasteiger partial charge in [-0.05, 0) is 38.9 Å². The molecule has 2 aliphatic rings. The normalized spacial score (nSPS) is 25.7. The number of Topliss-reactive ketones (excluding diaryl/α,β-unsaturated/α-hetero) is 1. The Morgan fingerprint density at radius 2 is 2.05 bits per heavy atom. The summed E-state index contributed by atoms with van der Waals surface area (Å²) in [6, 6.07) is 1.55. The van der Waals surface area contributed by atoms with Crippen LogP contribution in [0.2, 0.25) is 0 Å². The summed E-state index contributed by atoms with van der Waals surface area (Å²) in [5, 5.41) is 6.59. The molecule has 1 aliphatic carbocycles. The van der Waals surface area contributed by atoms with Crippen molar-refractivity contribution in [3.63, 3.8) is 0 Å². The summed E-state index contributed by atoms with van der Waals surface area (Å²) in [6.07, 6.45) is 1.90. The molecule has 3 rings (SSSR count). The summed E-state index contributed by atoms with van der Waals surface area (Å²) in [7, 11) is -2.04. The molecule has 1 atom stereocenters. The highest BCUT2D eigenvalue weighted by Gasteiger charge is 2.60. The van der Waals surface area contributed by atoms with E-state index in [2.05, 4.69) is 10.4 Å². The van der Waals surface area contributed by atoms with E-state index in [9.17, 15) is 13.2 Å². The Kier molecular flexibility index (Phi) is 3.02. The van der Waals surface area contributed by atoms with Crippen LogP contribution in [0.5, 0.6) is 0 Å². The molecule has 1 aromatic rings. The number of carbonyl (C=O) groups excluding carboxylic acids is 1. The quantitative estimate of drug-likeness (QED) is 0.844. The predicted octanol–water partition coefficient (Wildman–Crippen LogP) is 0.213. The summed E-state index contributed by atoms with van der Waals surface area (Å²) in [5.41, 5.74) is 0.288. The van der Waals surface area contributed by atoms with Gasteiger partial charge in [-0.25, -0.2) is 8.42 Å². The van der Waals surface area contributed by atoms with Crippen molar-refractivity contribution in [2.24, 2.45) is 12.5 Å². The van der Waals surface area contributed by atoms with Gasteiger partial charge in [0, 0.05) is 18.9 Å². The topological polar surface area (TPSA) is 81.1 Å². The van der Waals surface area contributed by atoms with Crippen molar-refractivity contribution in [1.29, 1.82) is 0 Å². The van der Waals surface area contributed by atoms with E-state index in [0.29, 0.717) is 12.1 Å². The van der Waals surface area contributed by atoms with Gasteiger partial charge < -0.3 is 5.32 Å². The second-order valence-corrected chi connectivity index (χ2v) is 7.91. The van der Waals surface area contributed by atoms with Crippen LogP contribution in [0.4, 0.5) is 0 Å². The van der Waals surface area contributed by atoms with Gasteiger partial charge in [0.15, 0.2) is 10.8 Å². The number of nitrogens with one attached hydrogen (secondary N) is 1. The molecule has 1 N–H and O–H groups in total. The summed E-state index contributed by atoms with van der Waals surface area (Å²) in [4.78, 5) is 12.0. The smallest absolute Gasteiger partial charge is 0.205 e. The minimum Gasteiger partial charge on any atom is -0.317 e. The van der Waals surface area contributed by atoms with Crippen LogP contribution in [0.15, 0.2) is 11.1 Å². The summed E-state index contributed by atoms with van der Waals surface area (Å²) in [6.45, 7) is 3.31. The summed E-state index contributed by atoms with van der Waals surface area (Å²) >= 11 is 0. The van der Waals surface area contributed by atoms with Crippen molar-refractivity contribution in [2.75, 3.05) is 13.1 Å². The SMILES string of the molecule is Cc1cc(S(=O)(=O)C2C(=O)CC23CCNCC3)n(C)n1. The Hall–Kier alpha value is -1.21. The lowest BCUT2D eigenvalue weighted by molar-refractivity contribution is -0.133. The molecule has 1 unspecified atom stereocenters. The first-order chi connectivity index (χ1) is 9.37. The molecule has 7 heteroatoms. The number of piperidine rings is 1. The lowest BCUT2D eigenvalue weighted by Gasteiger charge is -2.49. The number of hydrogen-bond acceptors (Lipinski definition) is 5. The second-order valence-electron chi connectivity index (χ2n) is 5.93. The monoisotopic (exact) mass is 297 g/mol. The van der Waals surface area contributed by atoms with Crippen molar-refractivity contribution >= 4 is 15.6 Å². The van der Waals surface area contributed by atoms with Gasteiger partial charge in [-0.3, -0.25) is 9.48 Å². The van der Waals surface area contributed by atoms with Crippen LogP contribution in [-0.2, 0) is 21.7 Å². The van der Waals surface area contributed by atoms with E-state index in [0.717, 1.165) is 25.9 Å². The highest BCUT2D eigenvalue weighted by Crippen LogP contribution is 2.50. The Morgan fingerprint density at radius 1 is 1.40 bits per heavy atom. The summed E-state index contributed by atoms with van der Waals surface area (Å²) < 4.78 is 27.0. The lowest BCUT2D eigenvalue weighted by atomic mass is 9.62. The fraction of sp³-hybridized carbons (Fsp3) is 0.692. The second kappa shape index (κ2) is 4.39. The maximum absolute atomic E-state index is 12.8. The molecule has 0 bridgehead atoms. The van der Waals surface area contributed by atoms with Crippen molar-refractivity contribution in [1.82, 2.24) is 15.1 Å². The Balaban J connectivity index is 2.02. The van der Waals surface area contributed by atoms with Crippen LogP contribution in [0.25, 0.3) is 0 Å². The molecule has 1 aliphatic heterocycles. The van der Waals surface area contributed by atoms with Crippen molar-refractivity contribution < 1.29 is 13.2 Å². The molecule has 2 heterocycles. The number of ketones is 1. The average molecular weight is 297 g/mol. The first kappa shape index (κ1) is 13.8. The van der Waals surface area contributed by atoms with E-state index in [1.165, 1.54) is 4.68 Å². The van der Waals surface area contributed by atoms with Crippen LogP contribution >= 0.6 is 0 Å². The number of carbonyl (C=O) groups is 1. The van der Waals surface area contributed by atoms with Gasteiger partial charge in [0.2, 0.25) is 9.84 Å². The number of hydrogen-bond donors (Lipinski definition) is 1. The molecule has 1 spiro atoms. The molecular weight excluding hydrogens is 278 g/mol. The van der Waals surface area contributed by atoms with Crippen molar-refractivity contribution in [3.8, 4) is 0 Å². The zero-order chi connectivity index (χ0) is 14.5. The highest BCUT2D eigenvalue weighted by atomic mass is 32.2. The first-order valence-electron chi connectivity index (χ1n) is 6.85. The molecule has 110 valence electrons. The Bertz CT molecular complexity index is 656. The van der Waals surface area contributed by atoms with Crippen LogP contribution in [-0.4, -0.2) is 42.3 Å². The molecule has 1 aromatic heterocycles. The summed E-state index contributed by atoms with van der Waals surface area (Å²) in [5.74, 6) is -0.147. The molecule has 2 fully saturated rings. The van der Waals surface area contributed by atoms with E-state index >= 15 is 0 Å². The minimum atomic E-state index is -3.65. The Labute approximate surface area is 118 Å². The third kappa shape index (κ3) is 1.83.